The summed E-state index contributed by atoms with van der Waals surface area (Å²) in [7, 11) is 5.99. The molecule has 1 heterocycles. The van der Waals surface area contributed by atoms with Crippen LogP contribution < -0.4 is 10.1 Å². The highest BCUT2D eigenvalue weighted by Gasteiger charge is 2.13. The van der Waals surface area contributed by atoms with E-state index in [1.165, 1.54) is 43.5 Å². The Morgan fingerprint density at radius 2 is 2.00 bits per heavy atom. The molecule has 0 amide bonds. The zero-order valence-electron chi connectivity index (χ0n) is 14.4. The SMILES string of the molecule is COc1cc(CN2CCCC2)ccc1CNCCCN(C)C. The summed E-state index contributed by atoms with van der Waals surface area (Å²) < 4.78 is 5.58. The molecule has 1 aliphatic rings. The smallest absolute Gasteiger partial charge is 0.123 e. The fraction of sp³-hybridized carbons (Fsp3) is 0.667. The molecule has 1 fully saturated rings. The first-order valence-electron chi connectivity index (χ1n) is 8.42. The van der Waals surface area contributed by atoms with Crippen LogP contribution in [0.1, 0.15) is 30.4 Å². The second-order valence-electron chi connectivity index (χ2n) is 6.46. The molecule has 4 nitrogen and oxygen atoms in total. The van der Waals surface area contributed by atoms with Crippen molar-refractivity contribution in [1.29, 1.82) is 0 Å². The number of benzene rings is 1. The van der Waals surface area contributed by atoms with Crippen LogP contribution in [0.2, 0.25) is 0 Å². The normalized spacial score (nSPS) is 15.6. The van der Waals surface area contributed by atoms with Crippen LogP contribution in [0.15, 0.2) is 18.2 Å². The summed E-state index contributed by atoms with van der Waals surface area (Å²) in [6, 6.07) is 6.66. The molecule has 1 saturated heterocycles. The second-order valence-corrected chi connectivity index (χ2v) is 6.46. The van der Waals surface area contributed by atoms with Crippen LogP contribution in [-0.4, -0.2) is 57.2 Å². The Hall–Kier alpha value is -1.10. The van der Waals surface area contributed by atoms with E-state index in [4.69, 9.17) is 4.74 Å². The van der Waals surface area contributed by atoms with Crippen LogP contribution in [0.4, 0.5) is 0 Å². The molecule has 4 heteroatoms. The lowest BCUT2D eigenvalue weighted by Crippen LogP contribution is -2.21. The van der Waals surface area contributed by atoms with Gasteiger partial charge in [0, 0.05) is 18.7 Å². The highest BCUT2D eigenvalue weighted by Crippen LogP contribution is 2.22. The fourth-order valence-corrected chi connectivity index (χ4v) is 2.98. The lowest BCUT2D eigenvalue weighted by atomic mass is 10.1. The minimum atomic E-state index is 0.876. The molecule has 0 aliphatic carbocycles. The first-order chi connectivity index (χ1) is 10.7. The minimum absolute atomic E-state index is 0.876. The van der Waals surface area contributed by atoms with E-state index in [-0.39, 0.29) is 0 Å². The molecule has 0 bridgehead atoms. The van der Waals surface area contributed by atoms with Gasteiger partial charge in [0.05, 0.1) is 7.11 Å². The Balaban J connectivity index is 1.83. The molecule has 0 spiro atoms. The molecule has 124 valence electrons. The van der Waals surface area contributed by atoms with E-state index in [1.807, 2.05) is 0 Å². The molecule has 1 aliphatic heterocycles. The number of likely N-dealkylation sites (tertiary alicyclic amines) is 1. The minimum Gasteiger partial charge on any atom is -0.496 e. The molecule has 0 aromatic heterocycles. The quantitative estimate of drug-likeness (QED) is 0.709. The summed E-state index contributed by atoms with van der Waals surface area (Å²) in [5.41, 5.74) is 2.60. The predicted octanol–water partition coefficient (Wildman–Crippen LogP) is 2.33. The highest BCUT2D eigenvalue weighted by atomic mass is 16.5. The number of nitrogens with one attached hydrogen (secondary N) is 1. The third-order valence-corrected chi connectivity index (χ3v) is 4.23. The van der Waals surface area contributed by atoms with E-state index in [1.54, 1.807) is 7.11 Å². The zero-order valence-corrected chi connectivity index (χ0v) is 14.4. The van der Waals surface area contributed by atoms with Gasteiger partial charge in [0.2, 0.25) is 0 Å². The summed E-state index contributed by atoms with van der Waals surface area (Å²) >= 11 is 0. The monoisotopic (exact) mass is 305 g/mol. The maximum atomic E-state index is 5.58. The zero-order chi connectivity index (χ0) is 15.8. The van der Waals surface area contributed by atoms with Crippen molar-refractivity contribution in [3.63, 3.8) is 0 Å². The van der Waals surface area contributed by atoms with Gasteiger partial charge in [-0.1, -0.05) is 12.1 Å². The number of ether oxygens (including phenoxy) is 1. The van der Waals surface area contributed by atoms with Crippen LogP contribution in [0, 0.1) is 0 Å². The van der Waals surface area contributed by atoms with Crippen LogP contribution in [0.3, 0.4) is 0 Å². The molecule has 0 saturated carbocycles. The van der Waals surface area contributed by atoms with Crippen molar-refractivity contribution < 1.29 is 4.74 Å². The molecule has 0 atom stereocenters. The van der Waals surface area contributed by atoms with Gasteiger partial charge < -0.3 is 15.0 Å². The van der Waals surface area contributed by atoms with Gasteiger partial charge in [-0.15, -0.1) is 0 Å². The number of nitrogens with zero attached hydrogens (tertiary/aromatic N) is 2. The Labute approximate surface area is 135 Å². The van der Waals surface area contributed by atoms with Gasteiger partial charge in [-0.25, -0.2) is 0 Å². The lowest BCUT2D eigenvalue weighted by molar-refractivity contribution is 0.330. The first kappa shape index (κ1) is 17.3. The highest BCUT2D eigenvalue weighted by molar-refractivity contribution is 5.37. The molecular formula is C18H31N3O. The maximum Gasteiger partial charge on any atom is 0.123 e. The summed E-state index contributed by atoms with van der Waals surface area (Å²) in [5.74, 6) is 1.01. The Morgan fingerprint density at radius 3 is 2.68 bits per heavy atom. The van der Waals surface area contributed by atoms with Crippen LogP contribution >= 0.6 is 0 Å². The Bertz CT molecular complexity index is 442. The van der Waals surface area contributed by atoms with Crippen molar-refractivity contribution in [3.05, 3.63) is 29.3 Å². The number of hydrogen-bond acceptors (Lipinski definition) is 4. The molecule has 0 radical (unpaired) electrons. The van der Waals surface area contributed by atoms with E-state index < -0.39 is 0 Å². The molecule has 1 aromatic carbocycles. The number of hydrogen-bond donors (Lipinski definition) is 1. The summed E-state index contributed by atoms with van der Waals surface area (Å²) in [6.07, 6.45) is 3.85. The second kappa shape index (κ2) is 9.13. The van der Waals surface area contributed by atoms with Gasteiger partial charge >= 0.3 is 0 Å². The van der Waals surface area contributed by atoms with Crippen LogP contribution in [0.5, 0.6) is 5.75 Å². The maximum absolute atomic E-state index is 5.58. The molecular weight excluding hydrogens is 274 g/mol. The summed E-state index contributed by atoms with van der Waals surface area (Å²) in [4.78, 5) is 4.74. The van der Waals surface area contributed by atoms with Crippen molar-refractivity contribution >= 4 is 0 Å². The topological polar surface area (TPSA) is 27.7 Å². The van der Waals surface area contributed by atoms with E-state index in [9.17, 15) is 0 Å². The average Bonchev–Trinajstić information content (AvgIpc) is 3.00. The van der Waals surface area contributed by atoms with E-state index >= 15 is 0 Å². The average molecular weight is 305 g/mol. The third kappa shape index (κ3) is 5.59. The molecule has 22 heavy (non-hydrogen) atoms. The van der Waals surface area contributed by atoms with Crippen molar-refractivity contribution in [3.8, 4) is 5.75 Å². The number of methoxy groups -OCH3 is 1. The molecule has 1 aromatic rings. The lowest BCUT2D eigenvalue weighted by Gasteiger charge is -2.17. The summed E-state index contributed by atoms with van der Waals surface area (Å²) in [5, 5.41) is 3.51. The van der Waals surface area contributed by atoms with Crippen LogP contribution in [-0.2, 0) is 13.1 Å². The van der Waals surface area contributed by atoms with Gasteiger partial charge in [-0.05, 0) is 71.2 Å². The van der Waals surface area contributed by atoms with Gasteiger partial charge in [0.1, 0.15) is 5.75 Å². The molecule has 0 unspecified atom stereocenters. The Kier molecular flexibility index (Phi) is 7.16. The summed E-state index contributed by atoms with van der Waals surface area (Å²) in [6.45, 7) is 6.55. The molecule has 2 rings (SSSR count). The first-order valence-corrected chi connectivity index (χ1v) is 8.42. The van der Waals surface area contributed by atoms with E-state index in [0.29, 0.717) is 0 Å². The number of rotatable bonds is 9. The standard InChI is InChI=1S/C18H31N3O/c1-20(2)10-6-9-19-14-17-8-7-16(13-18(17)22-3)15-21-11-4-5-12-21/h7-8,13,19H,4-6,9-12,14-15H2,1-3H3. The van der Waals surface area contributed by atoms with Crippen molar-refractivity contribution in [1.82, 2.24) is 15.1 Å². The van der Waals surface area contributed by atoms with E-state index in [2.05, 4.69) is 47.4 Å². The van der Waals surface area contributed by atoms with Crippen LogP contribution in [0.25, 0.3) is 0 Å². The molecule has 1 N–H and O–H groups in total. The van der Waals surface area contributed by atoms with Crippen molar-refractivity contribution in [2.24, 2.45) is 0 Å². The fourth-order valence-electron chi connectivity index (χ4n) is 2.98. The van der Waals surface area contributed by atoms with Crippen molar-refractivity contribution in [2.45, 2.75) is 32.4 Å². The van der Waals surface area contributed by atoms with Crippen molar-refractivity contribution in [2.75, 3.05) is 47.4 Å². The van der Waals surface area contributed by atoms with Gasteiger partial charge in [0.25, 0.3) is 0 Å². The third-order valence-electron chi connectivity index (χ3n) is 4.23. The van der Waals surface area contributed by atoms with Gasteiger partial charge in [0.15, 0.2) is 0 Å². The van der Waals surface area contributed by atoms with Gasteiger partial charge in [-0.3, -0.25) is 4.90 Å². The largest absolute Gasteiger partial charge is 0.496 e. The van der Waals surface area contributed by atoms with Gasteiger partial charge in [-0.2, -0.15) is 0 Å². The predicted molar refractivity (Wildman–Crippen MR) is 92.4 cm³/mol. The van der Waals surface area contributed by atoms with E-state index in [0.717, 1.165) is 31.9 Å². The Morgan fingerprint density at radius 1 is 1.23 bits per heavy atom.